The maximum absolute atomic E-state index is 13.4. The van der Waals surface area contributed by atoms with Gasteiger partial charge in [-0.1, -0.05) is 0 Å². The fraction of sp³-hybridized carbons (Fsp3) is 0.182. The molecule has 3 aromatic heterocycles. The van der Waals surface area contributed by atoms with Crippen molar-refractivity contribution in [2.45, 2.75) is 40.4 Å². The maximum atomic E-state index is 13.4. The zero-order valence-corrected chi connectivity index (χ0v) is 28.5. The van der Waals surface area contributed by atoms with E-state index >= 15 is 0 Å². The Labute approximate surface area is 260 Å². The molecule has 0 atom stereocenters. The summed E-state index contributed by atoms with van der Waals surface area (Å²) in [6, 6.07) is 23.7. The first-order valence-electron chi connectivity index (χ1n) is 13.7. The van der Waals surface area contributed by atoms with E-state index in [1.165, 1.54) is 0 Å². The van der Waals surface area contributed by atoms with Crippen molar-refractivity contribution in [3.8, 4) is 0 Å². The number of hydrogen-bond donors (Lipinski definition) is 0. The van der Waals surface area contributed by atoms with Gasteiger partial charge in [0.1, 0.15) is 0 Å². The van der Waals surface area contributed by atoms with Crippen LogP contribution < -0.4 is 16.7 Å². The zero-order chi connectivity index (χ0) is 29.1. The second kappa shape index (κ2) is 10.8. The molecule has 0 amide bonds. The van der Waals surface area contributed by atoms with E-state index in [0.29, 0.717) is 19.6 Å². The molecule has 42 heavy (non-hydrogen) atoms. The van der Waals surface area contributed by atoms with Crippen molar-refractivity contribution in [3.63, 3.8) is 0 Å². The average molecular weight is 750 g/mol. The van der Waals surface area contributed by atoms with Crippen molar-refractivity contribution in [1.29, 1.82) is 0 Å². The second-order valence-electron chi connectivity index (χ2n) is 10.6. The van der Waals surface area contributed by atoms with Crippen LogP contribution in [0.25, 0.3) is 28.9 Å². The molecule has 0 aliphatic carbocycles. The number of rotatable bonds is 6. The van der Waals surface area contributed by atoms with Gasteiger partial charge >= 0.3 is 261 Å². The standard InChI is InChI=1S/C33H27N3O3Se3/c1-19-25(16-34-31(37)22-10-4-7-13-28(22)40-34)20(2)27(18-36-33(39)24-12-6-9-15-30(24)42-36)21(3)26(19)17-35-32(38)23-11-5-8-14-29(23)41-35/h4-15H,16-18H2,1-3H3. The van der Waals surface area contributed by atoms with Crippen LogP contribution in [0.3, 0.4) is 0 Å². The van der Waals surface area contributed by atoms with Crippen LogP contribution in [0.2, 0.25) is 0 Å². The van der Waals surface area contributed by atoms with Crippen molar-refractivity contribution >= 4 is 73.1 Å². The number of fused-ring (bicyclic) bond motifs is 3. The van der Waals surface area contributed by atoms with Gasteiger partial charge in [0.15, 0.2) is 0 Å². The van der Waals surface area contributed by atoms with Crippen LogP contribution in [0.4, 0.5) is 0 Å². The molecule has 0 N–H and O–H groups in total. The molecule has 0 spiro atoms. The van der Waals surface area contributed by atoms with Crippen LogP contribution in [-0.2, 0) is 19.6 Å². The minimum absolute atomic E-state index is 0.0788. The van der Waals surface area contributed by atoms with Crippen LogP contribution in [0.5, 0.6) is 0 Å². The predicted octanol–water partition coefficient (Wildman–Crippen LogP) is 3.87. The van der Waals surface area contributed by atoms with Gasteiger partial charge in [0.2, 0.25) is 0 Å². The molecule has 9 heteroatoms. The molecule has 0 bridgehead atoms. The summed E-state index contributed by atoms with van der Waals surface area (Å²) in [6.45, 7) is 7.96. The Kier molecular flexibility index (Phi) is 7.14. The van der Waals surface area contributed by atoms with Crippen molar-refractivity contribution in [1.82, 2.24) is 10.7 Å². The fourth-order valence-electron chi connectivity index (χ4n) is 5.90. The molecule has 0 fully saturated rings. The van der Waals surface area contributed by atoms with Gasteiger partial charge in [-0.25, -0.2) is 0 Å². The van der Waals surface area contributed by atoms with Crippen LogP contribution in [0.15, 0.2) is 87.2 Å². The molecule has 210 valence electrons. The Hall–Kier alpha value is -3.15. The molecular formula is C33H27N3O3Se3. The molecule has 4 aromatic carbocycles. The van der Waals surface area contributed by atoms with Crippen LogP contribution >= 0.6 is 0 Å². The third-order valence-electron chi connectivity index (χ3n) is 8.28. The van der Waals surface area contributed by atoms with Gasteiger partial charge in [-0.2, -0.15) is 0 Å². The number of aromatic nitrogens is 3. The summed E-state index contributed by atoms with van der Waals surface area (Å²) < 4.78 is 9.30. The second-order valence-corrected chi connectivity index (χ2v) is 17.3. The van der Waals surface area contributed by atoms with E-state index in [9.17, 15) is 14.4 Å². The third kappa shape index (κ3) is 4.57. The van der Waals surface area contributed by atoms with E-state index in [0.717, 1.165) is 62.3 Å². The van der Waals surface area contributed by atoms with Gasteiger partial charge in [-0.15, -0.1) is 0 Å². The molecule has 0 aliphatic heterocycles. The van der Waals surface area contributed by atoms with Gasteiger partial charge in [0.25, 0.3) is 0 Å². The summed E-state index contributed by atoms with van der Waals surface area (Å²) in [6.07, 6.45) is 0. The molecule has 0 unspecified atom stereocenters. The van der Waals surface area contributed by atoms with E-state index < -0.39 is 0 Å². The Bertz CT molecular complexity index is 2060. The molecule has 3 heterocycles. The van der Waals surface area contributed by atoms with E-state index in [4.69, 9.17) is 0 Å². The van der Waals surface area contributed by atoms with Gasteiger partial charge in [-0.3, -0.25) is 0 Å². The van der Waals surface area contributed by atoms with Crippen molar-refractivity contribution in [2.24, 2.45) is 0 Å². The first-order chi connectivity index (χ1) is 20.3. The normalized spacial score (nSPS) is 11.8. The van der Waals surface area contributed by atoms with Crippen LogP contribution in [0, 0.1) is 20.8 Å². The Balaban J connectivity index is 1.41. The van der Waals surface area contributed by atoms with Crippen molar-refractivity contribution < 1.29 is 0 Å². The zero-order valence-electron chi connectivity index (χ0n) is 23.3. The van der Waals surface area contributed by atoms with E-state index in [1.807, 2.05) is 65.3 Å². The van der Waals surface area contributed by atoms with E-state index in [1.54, 1.807) is 0 Å². The monoisotopic (exact) mass is 753 g/mol. The molecular weight excluding hydrogens is 723 g/mol. The fourth-order valence-corrected chi connectivity index (χ4v) is 12.2. The van der Waals surface area contributed by atoms with E-state index in [-0.39, 0.29) is 60.9 Å². The van der Waals surface area contributed by atoms with Gasteiger partial charge in [0.05, 0.1) is 0 Å². The summed E-state index contributed by atoms with van der Waals surface area (Å²) >= 11 is -0.282. The molecule has 0 radical (unpaired) electrons. The SMILES string of the molecule is Cc1c(Cn2[se]c3ccccc3c2=O)c(C)c(Cn2[se]c3ccccc3c2=O)c(C)c1Cn1[se]c2ccccc2c1=O. The topological polar surface area (TPSA) is 66.0 Å². The molecule has 7 aromatic rings. The summed E-state index contributed by atoms with van der Waals surface area (Å²) in [5.41, 5.74) is 7.02. The first kappa shape index (κ1) is 27.7. The summed E-state index contributed by atoms with van der Waals surface area (Å²) in [7, 11) is 0. The van der Waals surface area contributed by atoms with Crippen molar-refractivity contribution in [3.05, 3.63) is 137 Å². The molecule has 0 saturated carbocycles. The molecule has 6 nitrogen and oxygen atoms in total. The number of nitrogens with zero attached hydrogens (tertiary/aromatic N) is 3. The summed E-state index contributed by atoms with van der Waals surface area (Å²) in [5.74, 6) is 0. The van der Waals surface area contributed by atoms with Crippen LogP contribution in [0.1, 0.15) is 33.4 Å². The van der Waals surface area contributed by atoms with Crippen molar-refractivity contribution in [2.75, 3.05) is 0 Å². The predicted molar refractivity (Wildman–Crippen MR) is 173 cm³/mol. The summed E-state index contributed by atoms with van der Waals surface area (Å²) in [4.78, 5) is 40.2. The Morgan fingerprint density at radius 3 is 0.976 bits per heavy atom. The van der Waals surface area contributed by atoms with Gasteiger partial charge in [0, 0.05) is 0 Å². The molecule has 7 rings (SSSR count). The number of benzene rings is 4. The minimum atomic E-state index is -0.0941. The average Bonchev–Trinajstić information content (AvgIpc) is 3.62. The summed E-state index contributed by atoms with van der Waals surface area (Å²) in [5, 5.41) is 2.39. The Morgan fingerprint density at radius 2 is 0.714 bits per heavy atom. The van der Waals surface area contributed by atoms with Gasteiger partial charge in [-0.05, 0) is 0 Å². The number of hydrogen-bond acceptors (Lipinski definition) is 3. The van der Waals surface area contributed by atoms with E-state index in [2.05, 4.69) is 39.0 Å². The Morgan fingerprint density at radius 1 is 0.452 bits per heavy atom. The molecule has 0 aliphatic rings. The quantitative estimate of drug-likeness (QED) is 0.243. The third-order valence-corrected chi connectivity index (χ3v) is 15.0. The molecule has 0 saturated heterocycles. The van der Waals surface area contributed by atoms with Crippen LogP contribution in [-0.4, -0.2) is 54.9 Å². The first-order valence-corrected chi connectivity index (χ1v) is 18.6. The van der Waals surface area contributed by atoms with Gasteiger partial charge < -0.3 is 0 Å².